The predicted octanol–water partition coefficient (Wildman–Crippen LogP) is 4.16. The van der Waals surface area contributed by atoms with E-state index in [1.807, 2.05) is 60.7 Å². The summed E-state index contributed by atoms with van der Waals surface area (Å²) in [5, 5.41) is 8.05. The maximum absolute atomic E-state index is 5.36. The van der Waals surface area contributed by atoms with E-state index in [2.05, 4.69) is 10.3 Å². The molecule has 0 atom stereocenters. The number of hydrogen-bond donors (Lipinski definition) is 1. The van der Waals surface area contributed by atoms with E-state index in [-0.39, 0.29) is 0 Å². The Morgan fingerprint density at radius 1 is 0.885 bits per heavy atom. The topological polar surface area (TPSA) is 60.7 Å². The van der Waals surface area contributed by atoms with Crippen molar-refractivity contribution in [3.05, 3.63) is 66.9 Å². The molecular formula is C20H18N4O2. The Labute approximate surface area is 151 Å². The summed E-state index contributed by atoms with van der Waals surface area (Å²) >= 11 is 0. The molecule has 0 bridgehead atoms. The van der Waals surface area contributed by atoms with Crippen LogP contribution in [0.3, 0.4) is 0 Å². The van der Waals surface area contributed by atoms with Crippen molar-refractivity contribution < 1.29 is 9.47 Å². The van der Waals surface area contributed by atoms with Crippen molar-refractivity contribution in [1.29, 1.82) is 0 Å². The van der Waals surface area contributed by atoms with Gasteiger partial charge in [-0.1, -0.05) is 30.3 Å². The molecular weight excluding hydrogens is 328 g/mol. The molecule has 2 heterocycles. The van der Waals surface area contributed by atoms with Crippen LogP contribution >= 0.6 is 0 Å². The number of rotatable bonds is 5. The highest BCUT2D eigenvalue weighted by molar-refractivity contribution is 5.65. The smallest absolute Gasteiger partial charge is 0.162 e. The van der Waals surface area contributed by atoms with Gasteiger partial charge in [-0.15, -0.1) is 0 Å². The van der Waals surface area contributed by atoms with Gasteiger partial charge in [0.2, 0.25) is 0 Å². The Morgan fingerprint density at radius 2 is 1.69 bits per heavy atom. The average Bonchev–Trinajstić information content (AvgIpc) is 3.10. The standard InChI is InChI=1S/C20H18N4O2/c1-25-17-10-8-15(12-18(17)26-2)22-20-13-21-19-11-9-16(23-24(19)20)14-6-4-3-5-7-14/h3-13,22H,1-2H3. The lowest BCUT2D eigenvalue weighted by Gasteiger charge is -2.11. The van der Waals surface area contributed by atoms with Gasteiger partial charge in [0.05, 0.1) is 26.1 Å². The van der Waals surface area contributed by atoms with Crippen LogP contribution in [0.15, 0.2) is 66.9 Å². The molecule has 0 fully saturated rings. The van der Waals surface area contributed by atoms with Crippen LogP contribution in [-0.4, -0.2) is 28.8 Å². The molecule has 6 nitrogen and oxygen atoms in total. The number of methoxy groups -OCH3 is 2. The van der Waals surface area contributed by atoms with Crippen molar-refractivity contribution in [2.24, 2.45) is 0 Å². The normalized spacial score (nSPS) is 10.7. The number of fused-ring (bicyclic) bond motifs is 1. The van der Waals surface area contributed by atoms with E-state index in [9.17, 15) is 0 Å². The zero-order chi connectivity index (χ0) is 17.9. The fraction of sp³-hybridized carbons (Fsp3) is 0.100. The van der Waals surface area contributed by atoms with Crippen molar-refractivity contribution in [1.82, 2.24) is 14.6 Å². The molecule has 1 N–H and O–H groups in total. The molecule has 4 aromatic rings. The van der Waals surface area contributed by atoms with Crippen LogP contribution in [0.5, 0.6) is 11.5 Å². The molecule has 0 spiro atoms. The zero-order valence-corrected chi connectivity index (χ0v) is 14.5. The molecule has 0 unspecified atom stereocenters. The van der Waals surface area contributed by atoms with Crippen molar-refractivity contribution in [2.45, 2.75) is 0 Å². The highest BCUT2D eigenvalue weighted by Gasteiger charge is 2.09. The highest BCUT2D eigenvalue weighted by Crippen LogP contribution is 2.31. The van der Waals surface area contributed by atoms with Crippen LogP contribution in [0.2, 0.25) is 0 Å². The van der Waals surface area contributed by atoms with Crippen molar-refractivity contribution in [2.75, 3.05) is 19.5 Å². The lowest BCUT2D eigenvalue weighted by Crippen LogP contribution is -2.00. The largest absolute Gasteiger partial charge is 0.493 e. The van der Waals surface area contributed by atoms with Gasteiger partial charge in [-0.2, -0.15) is 9.61 Å². The van der Waals surface area contributed by atoms with E-state index in [1.165, 1.54) is 0 Å². The maximum Gasteiger partial charge on any atom is 0.162 e. The van der Waals surface area contributed by atoms with E-state index in [4.69, 9.17) is 14.6 Å². The summed E-state index contributed by atoms with van der Waals surface area (Å²) in [5.41, 5.74) is 3.57. The van der Waals surface area contributed by atoms with Gasteiger partial charge < -0.3 is 14.8 Å². The van der Waals surface area contributed by atoms with E-state index in [1.54, 1.807) is 24.9 Å². The summed E-state index contributed by atoms with van der Waals surface area (Å²) in [4.78, 5) is 4.41. The monoisotopic (exact) mass is 346 g/mol. The number of ether oxygens (including phenoxy) is 2. The number of nitrogens with one attached hydrogen (secondary N) is 1. The number of hydrogen-bond acceptors (Lipinski definition) is 5. The van der Waals surface area contributed by atoms with Gasteiger partial charge in [-0.25, -0.2) is 4.98 Å². The molecule has 2 aromatic heterocycles. The Kier molecular flexibility index (Phi) is 4.15. The van der Waals surface area contributed by atoms with Crippen LogP contribution in [-0.2, 0) is 0 Å². The summed E-state index contributed by atoms with van der Waals surface area (Å²) in [6.45, 7) is 0. The predicted molar refractivity (Wildman–Crippen MR) is 101 cm³/mol. The average molecular weight is 346 g/mol. The Balaban J connectivity index is 1.71. The van der Waals surface area contributed by atoms with Crippen LogP contribution in [0.25, 0.3) is 16.9 Å². The zero-order valence-electron chi connectivity index (χ0n) is 14.5. The summed E-state index contributed by atoms with van der Waals surface area (Å²) in [6, 6.07) is 19.6. The summed E-state index contributed by atoms with van der Waals surface area (Å²) < 4.78 is 12.4. The third kappa shape index (κ3) is 2.93. The fourth-order valence-corrected chi connectivity index (χ4v) is 2.78. The van der Waals surface area contributed by atoms with Crippen LogP contribution in [0.1, 0.15) is 0 Å². The number of imidazole rings is 1. The van der Waals surface area contributed by atoms with Crippen LogP contribution in [0.4, 0.5) is 11.5 Å². The van der Waals surface area contributed by atoms with Crippen LogP contribution in [0, 0.1) is 0 Å². The molecule has 0 radical (unpaired) electrons. The Hall–Kier alpha value is -3.54. The van der Waals surface area contributed by atoms with Gasteiger partial charge in [-0.3, -0.25) is 0 Å². The second-order valence-electron chi connectivity index (χ2n) is 5.69. The lowest BCUT2D eigenvalue weighted by atomic mass is 10.1. The SMILES string of the molecule is COc1ccc(Nc2cnc3ccc(-c4ccccc4)nn23)cc1OC. The molecule has 0 amide bonds. The molecule has 0 saturated heterocycles. The van der Waals surface area contributed by atoms with Gasteiger partial charge in [0.25, 0.3) is 0 Å². The van der Waals surface area contributed by atoms with Gasteiger partial charge in [0, 0.05) is 17.3 Å². The van der Waals surface area contributed by atoms with Crippen molar-refractivity contribution in [3.63, 3.8) is 0 Å². The lowest BCUT2D eigenvalue weighted by molar-refractivity contribution is 0.355. The molecule has 0 aliphatic carbocycles. The van der Waals surface area contributed by atoms with E-state index < -0.39 is 0 Å². The first-order valence-electron chi connectivity index (χ1n) is 8.18. The minimum Gasteiger partial charge on any atom is -0.493 e. The van der Waals surface area contributed by atoms with Gasteiger partial charge in [0.1, 0.15) is 0 Å². The number of benzene rings is 2. The second-order valence-corrected chi connectivity index (χ2v) is 5.69. The van der Waals surface area contributed by atoms with Gasteiger partial charge in [-0.05, 0) is 24.3 Å². The second kappa shape index (κ2) is 6.76. The molecule has 0 aliphatic heterocycles. The fourth-order valence-electron chi connectivity index (χ4n) is 2.78. The van der Waals surface area contributed by atoms with Crippen LogP contribution < -0.4 is 14.8 Å². The van der Waals surface area contributed by atoms with Crippen molar-refractivity contribution >= 4 is 17.2 Å². The van der Waals surface area contributed by atoms with E-state index in [0.29, 0.717) is 11.5 Å². The number of aromatic nitrogens is 3. The van der Waals surface area contributed by atoms with Crippen molar-refractivity contribution in [3.8, 4) is 22.8 Å². The van der Waals surface area contributed by atoms with E-state index >= 15 is 0 Å². The molecule has 0 aliphatic rings. The molecule has 26 heavy (non-hydrogen) atoms. The van der Waals surface area contributed by atoms with Gasteiger partial charge in [0.15, 0.2) is 23.0 Å². The van der Waals surface area contributed by atoms with Gasteiger partial charge >= 0.3 is 0 Å². The summed E-state index contributed by atoms with van der Waals surface area (Å²) in [7, 11) is 3.23. The third-order valence-corrected chi connectivity index (χ3v) is 4.09. The minimum absolute atomic E-state index is 0.657. The Bertz CT molecular complexity index is 1040. The first-order valence-corrected chi connectivity index (χ1v) is 8.18. The summed E-state index contributed by atoms with van der Waals surface area (Å²) in [5.74, 6) is 2.11. The minimum atomic E-state index is 0.657. The first-order chi connectivity index (χ1) is 12.8. The summed E-state index contributed by atoms with van der Waals surface area (Å²) in [6.07, 6.45) is 1.76. The molecule has 4 rings (SSSR count). The molecule has 2 aromatic carbocycles. The molecule has 130 valence electrons. The Morgan fingerprint density at radius 3 is 2.46 bits per heavy atom. The number of anilines is 2. The highest BCUT2D eigenvalue weighted by atomic mass is 16.5. The molecule has 0 saturated carbocycles. The number of nitrogens with zero attached hydrogens (tertiary/aromatic N) is 3. The quantitative estimate of drug-likeness (QED) is 0.588. The third-order valence-electron chi connectivity index (χ3n) is 4.09. The molecule has 6 heteroatoms. The first kappa shape index (κ1) is 16.0. The van der Waals surface area contributed by atoms with E-state index in [0.717, 1.165) is 28.4 Å². The maximum atomic E-state index is 5.36.